The molecular weight excluding hydrogens is 246 g/mol. The van der Waals surface area contributed by atoms with Crippen molar-refractivity contribution in [1.82, 2.24) is 10.1 Å². The number of benzene rings is 1. The van der Waals surface area contributed by atoms with Gasteiger partial charge in [0.2, 0.25) is 5.89 Å². The van der Waals surface area contributed by atoms with Crippen molar-refractivity contribution in [2.75, 3.05) is 0 Å². The van der Waals surface area contributed by atoms with Gasteiger partial charge < -0.3 is 10.3 Å². The van der Waals surface area contributed by atoms with Crippen LogP contribution >= 0.6 is 11.8 Å². The standard InChI is InChI=1S/C13H17N3OS/c1-3-13-15-12(16-17-13)8-18-11-6-4-10(5-7-11)9(2)14/h4-7,9H,3,8,14H2,1-2H3. The molecule has 0 bridgehead atoms. The molecule has 0 radical (unpaired) electrons. The fourth-order valence-electron chi connectivity index (χ4n) is 1.51. The summed E-state index contributed by atoms with van der Waals surface area (Å²) in [7, 11) is 0. The van der Waals surface area contributed by atoms with Crippen LogP contribution in [0.15, 0.2) is 33.7 Å². The third-order valence-corrected chi connectivity index (χ3v) is 3.59. The van der Waals surface area contributed by atoms with Crippen LogP contribution in [-0.4, -0.2) is 10.1 Å². The van der Waals surface area contributed by atoms with Crippen LogP contribution < -0.4 is 5.73 Å². The van der Waals surface area contributed by atoms with Gasteiger partial charge in [-0.2, -0.15) is 4.98 Å². The summed E-state index contributed by atoms with van der Waals surface area (Å²) in [6.07, 6.45) is 0.779. The van der Waals surface area contributed by atoms with Crippen molar-refractivity contribution >= 4 is 11.8 Å². The van der Waals surface area contributed by atoms with Gasteiger partial charge in [-0.25, -0.2) is 0 Å². The summed E-state index contributed by atoms with van der Waals surface area (Å²) in [5.74, 6) is 2.16. The summed E-state index contributed by atoms with van der Waals surface area (Å²) in [6, 6.07) is 8.34. The summed E-state index contributed by atoms with van der Waals surface area (Å²) in [6.45, 7) is 3.98. The molecule has 96 valence electrons. The zero-order valence-electron chi connectivity index (χ0n) is 10.6. The predicted molar refractivity (Wildman–Crippen MR) is 72.3 cm³/mol. The first-order valence-corrected chi connectivity index (χ1v) is 6.97. The molecule has 1 aromatic heterocycles. The largest absolute Gasteiger partial charge is 0.339 e. The van der Waals surface area contributed by atoms with Gasteiger partial charge in [-0.15, -0.1) is 11.8 Å². The molecule has 0 saturated heterocycles. The molecule has 0 amide bonds. The molecule has 0 saturated carbocycles. The molecule has 0 aliphatic carbocycles. The summed E-state index contributed by atoms with van der Waals surface area (Å²) in [5.41, 5.74) is 6.95. The lowest BCUT2D eigenvalue weighted by Crippen LogP contribution is -2.04. The summed E-state index contributed by atoms with van der Waals surface area (Å²) < 4.78 is 5.06. The Morgan fingerprint density at radius 1 is 1.33 bits per heavy atom. The van der Waals surface area contributed by atoms with Gasteiger partial charge in [0.05, 0.1) is 5.75 Å². The van der Waals surface area contributed by atoms with E-state index in [0.717, 1.165) is 23.6 Å². The minimum atomic E-state index is 0.0772. The van der Waals surface area contributed by atoms with Gasteiger partial charge in [0, 0.05) is 17.4 Å². The number of hydrogen-bond donors (Lipinski definition) is 1. The van der Waals surface area contributed by atoms with Gasteiger partial charge in [-0.3, -0.25) is 0 Å². The van der Waals surface area contributed by atoms with E-state index in [1.807, 2.05) is 13.8 Å². The number of aromatic nitrogens is 2. The summed E-state index contributed by atoms with van der Waals surface area (Å²) >= 11 is 1.69. The Kier molecular flexibility index (Phi) is 4.38. The molecule has 1 heterocycles. The molecule has 1 atom stereocenters. The SMILES string of the molecule is CCc1nc(CSc2ccc(C(C)N)cc2)no1. The number of hydrogen-bond acceptors (Lipinski definition) is 5. The Labute approximate surface area is 111 Å². The fraction of sp³-hybridized carbons (Fsp3) is 0.385. The smallest absolute Gasteiger partial charge is 0.226 e. The Hall–Kier alpha value is -1.33. The molecule has 1 unspecified atom stereocenters. The normalized spacial score (nSPS) is 12.6. The van der Waals surface area contributed by atoms with E-state index >= 15 is 0 Å². The second-order valence-electron chi connectivity index (χ2n) is 4.10. The molecule has 2 rings (SSSR count). The van der Waals surface area contributed by atoms with E-state index in [1.54, 1.807) is 11.8 Å². The maximum atomic E-state index is 5.81. The topological polar surface area (TPSA) is 64.9 Å². The van der Waals surface area contributed by atoms with Crippen LogP contribution in [0, 0.1) is 0 Å². The van der Waals surface area contributed by atoms with E-state index < -0.39 is 0 Å². The lowest BCUT2D eigenvalue weighted by molar-refractivity contribution is 0.378. The maximum absolute atomic E-state index is 5.81. The van der Waals surface area contributed by atoms with Crippen molar-refractivity contribution < 1.29 is 4.52 Å². The highest BCUT2D eigenvalue weighted by Gasteiger charge is 2.05. The number of aryl methyl sites for hydroxylation is 1. The Bertz CT molecular complexity index is 493. The molecule has 1 aromatic carbocycles. The van der Waals surface area contributed by atoms with Crippen molar-refractivity contribution in [2.24, 2.45) is 5.73 Å². The quantitative estimate of drug-likeness (QED) is 0.840. The highest BCUT2D eigenvalue weighted by atomic mass is 32.2. The van der Waals surface area contributed by atoms with E-state index in [4.69, 9.17) is 10.3 Å². The zero-order valence-corrected chi connectivity index (χ0v) is 11.4. The van der Waals surface area contributed by atoms with Crippen LogP contribution in [0.5, 0.6) is 0 Å². The van der Waals surface area contributed by atoms with Crippen molar-refractivity contribution in [3.8, 4) is 0 Å². The first-order valence-electron chi connectivity index (χ1n) is 5.99. The van der Waals surface area contributed by atoms with Crippen LogP contribution in [0.1, 0.15) is 37.2 Å². The average Bonchev–Trinajstić information content (AvgIpc) is 2.85. The molecular formula is C13H17N3OS. The molecule has 0 spiro atoms. The van der Waals surface area contributed by atoms with Crippen molar-refractivity contribution in [1.29, 1.82) is 0 Å². The van der Waals surface area contributed by atoms with E-state index in [2.05, 4.69) is 34.4 Å². The first kappa shape index (κ1) is 13.1. The minimum absolute atomic E-state index is 0.0772. The van der Waals surface area contributed by atoms with Gasteiger partial charge in [0.1, 0.15) is 0 Å². The van der Waals surface area contributed by atoms with Gasteiger partial charge >= 0.3 is 0 Å². The molecule has 0 fully saturated rings. The third-order valence-electron chi connectivity index (χ3n) is 2.59. The Morgan fingerprint density at radius 2 is 2.06 bits per heavy atom. The zero-order chi connectivity index (χ0) is 13.0. The van der Waals surface area contributed by atoms with Crippen LogP contribution in [0.4, 0.5) is 0 Å². The van der Waals surface area contributed by atoms with E-state index in [0.29, 0.717) is 5.89 Å². The first-order chi connectivity index (χ1) is 8.69. The minimum Gasteiger partial charge on any atom is -0.339 e. The molecule has 18 heavy (non-hydrogen) atoms. The van der Waals surface area contributed by atoms with Crippen molar-refractivity contribution in [2.45, 2.75) is 37.0 Å². The van der Waals surface area contributed by atoms with Gasteiger partial charge in [0.15, 0.2) is 5.82 Å². The highest BCUT2D eigenvalue weighted by Crippen LogP contribution is 2.23. The second kappa shape index (κ2) is 6.02. The third kappa shape index (κ3) is 3.34. The molecule has 2 N–H and O–H groups in total. The lowest BCUT2D eigenvalue weighted by Gasteiger charge is -2.05. The molecule has 0 aliphatic rings. The summed E-state index contributed by atoms with van der Waals surface area (Å²) in [5, 5.41) is 3.92. The molecule has 0 aliphatic heterocycles. The number of nitrogens with two attached hydrogens (primary N) is 1. The monoisotopic (exact) mass is 263 g/mol. The number of rotatable bonds is 5. The Balaban J connectivity index is 1.93. The molecule has 4 nitrogen and oxygen atoms in total. The highest BCUT2D eigenvalue weighted by molar-refractivity contribution is 7.98. The molecule has 5 heteroatoms. The van der Waals surface area contributed by atoms with E-state index in [-0.39, 0.29) is 6.04 Å². The Morgan fingerprint density at radius 3 is 2.61 bits per heavy atom. The van der Waals surface area contributed by atoms with Crippen LogP contribution in [0.2, 0.25) is 0 Å². The van der Waals surface area contributed by atoms with Gasteiger partial charge in [0.25, 0.3) is 0 Å². The van der Waals surface area contributed by atoms with Crippen LogP contribution in [0.25, 0.3) is 0 Å². The van der Waals surface area contributed by atoms with Gasteiger partial charge in [-0.05, 0) is 24.6 Å². The predicted octanol–water partition coefficient (Wildman–Crippen LogP) is 2.94. The van der Waals surface area contributed by atoms with E-state index in [9.17, 15) is 0 Å². The fourth-order valence-corrected chi connectivity index (χ4v) is 2.25. The van der Waals surface area contributed by atoms with Crippen molar-refractivity contribution in [3.05, 3.63) is 41.5 Å². The average molecular weight is 263 g/mol. The summed E-state index contributed by atoms with van der Waals surface area (Å²) in [4.78, 5) is 5.45. The van der Waals surface area contributed by atoms with Crippen LogP contribution in [-0.2, 0) is 12.2 Å². The maximum Gasteiger partial charge on any atom is 0.226 e. The van der Waals surface area contributed by atoms with E-state index in [1.165, 1.54) is 4.90 Å². The van der Waals surface area contributed by atoms with Crippen molar-refractivity contribution in [3.63, 3.8) is 0 Å². The van der Waals surface area contributed by atoms with Crippen LogP contribution in [0.3, 0.4) is 0 Å². The molecule has 2 aromatic rings. The second-order valence-corrected chi connectivity index (χ2v) is 5.15. The number of nitrogens with zero attached hydrogens (tertiary/aromatic N) is 2. The number of thioether (sulfide) groups is 1. The van der Waals surface area contributed by atoms with Gasteiger partial charge in [-0.1, -0.05) is 24.2 Å². The lowest BCUT2D eigenvalue weighted by atomic mass is 10.1.